The van der Waals surface area contributed by atoms with E-state index in [0.717, 1.165) is 24.0 Å². The number of carbonyl (C=O) groups excluding carboxylic acids is 2. The van der Waals surface area contributed by atoms with Gasteiger partial charge in [-0.2, -0.15) is 0 Å². The summed E-state index contributed by atoms with van der Waals surface area (Å²) >= 11 is 0. The summed E-state index contributed by atoms with van der Waals surface area (Å²) in [7, 11) is 0. The summed E-state index contributed by atoms with van der Waals surface area (Å²) in [5.41, 5.74) is 2.53. The molecule has 0 bridgehead atoms. The smallest absolute Gasteiger partial charge is 0.334 e. The maximum Gasteiger partial charge on any atom is 0.334 e. The van der Waals surface area contributed by atoms with Gasteiger partial charge in [0.15, 0.2) is 0 Å². The minimum atomic E-state index is -0.312. The van der Waals surface area contributed by atoms with Gasteiger partial charge in [-0.1, -0.05) is 25.3 Å². The fourth-order valence-corrected chi connectivity index (χ4v) is 4.01. The molecule has 0 N–H and O–H groups in total. The molecular formula is C17H20O4. The SMILES string of the molecule is C=C1CC[C@H]2C(=C)C(=O)O[C@@H]2[C@@H]2C(=C)[C@H](OC(C)=O)C[C@H]12. The average molecular weight is 288 g/mol. The van der Waals surface area contributed by atoms with E-state index in [9.17, 15) is 9.59 Å². The second kappa shape index (κ2) is 4.86. The molecule has 0 aromatic carbocycles. The number of hydrogen-bond acceptors (Lipinski definition) is 4. The van der Waals surface area contributed by atoms with Crippen LogP contribution in [0.25, 0.3) is 0 Å². The van der Waals surface area contributed by atoms with E-state index in [-0.39, 0.29) is 41.9 Å². The highest BCUT2D eigenvalue weighted by Gasteiger charge is 2.53. The zero-order chi connectivity index (χ0) is 15.3. The molecule has 1 saturated heterocycles. The molecule has 2 saturated carbocycles. The van der Waals surface area contributed by atoms with Crippen molar-refractivity contribution in [1.82, 2.24) is 0 Å². The lowest BCUT2D eigenvalue weighted by Crippen LogP contribution is -2.29. The molecule has 0 aromatic heterocycles. The first-order valence-electron chi connectivity index (χ1n) is 7.33. The van der Waals surface area contributed by atoms with Crippen LogP contribution in [-0.4, -0.2) is 24.1 Å². The summed E-state index contributed by atoms with van der Waals surface area (Å²) in [6, 6.07) is 0. The minimum absolute atomic E-state index is 0.0162. The summed E-state index contributed by atoms with van der Waals surface area (Å²) < 4.78 is 10.9. The fraction of sp³-hybridized carbons (Fsp3) is 0.529. The van der Waals surface area contributed by atoms with Gasteiger partial charge in [0.05, 0.1) is 0 Å². The number of hydrogen-bond donors (Lipinski definition) is 0. The van der Waals surface area contributed by atoms with E-state index in [0.29, 0.717) is 12.0 Å². The number of rotatable bonds is 1. The van der Waals surface area contributed by atoms with Crippen LogP contribution in [0, 0.1) is 17.8 Å². The lowest BCUT2D eigenvalue weighted by Gasteiger charge is -2.26. The van der Waals surface area contributed by atoms with Crippen LogP contribution >= 0.6 is 0 Å². The third-order valence-electron chi connectivity index (χ3n) is 5.06. The van der Waals surface area contributed by atoms with Crippen LogP contribution in [-0.2, 0) is 19.1 Å². The van der Waals surface area contributed by atoms with Crippen LogP contribution in [0.3, 0.4) is 0 Å². The van der Waals surface area contributed by atoms with Gasteiger partial charge in [0.25, 0.3) is 0 Å². The van der Waals surface area contributed by atoms with Crippen LogP contribution in [0.15, 0.2) is 36.5 Å². The summed E-state index contributed by atoms with van der Waals surface area (Å²) in [5.74, 6) is -0.447. The maximum absolute atomic E-state index is 11.8. The first kappa shape index (κ1) is 14.1. The van der Waals surface area contributed by atoms with Crippen LogP contribution in [0.1, 0.15) is 26.2 Å². The van der Waals surface area contributed by atoms with E-state index < -0.39 is 0 Å². The summed E-state index contributed by atoms with van der Waals surface area (Å²) in [6.45, 7) is 13.6. The third-order valence-corrected chi connectivity index (χ3v) is 5.06. The topological polar surface area (TPSA) is 52.6 Å². The molecule has 3 aliphatic rings. The summed E-state index contributed by atoms with van der Waals surface area (Å²) in [4.78, 5) is 23.1. The molecular weight excluding hydrogens is 268 g/mol. The number of allylic oxidation sites excluding steroid dienone is 1. The molecule has 4 heteroatoms. The predicted octanol–water partition coefficient (Wildman–Crippen LogP) is 2.56. The van der Waals surface area contributed by atoms with E-state index in [1.165, 1.54) is 6.92 Å². The first-order chi connectivity index (χ1) is 9.90. The predicted molar refractivity (Wildman–Crippen MR) is 77.2 cm³/mol. The summed E-state index contributed by atoms with van der Waals surface area (Å²) in [5, 5.41) is 0. The van der Waals surface area contributed by atoms with Crippen LogP contribution in [0.5, 0.6) is 0 Å². The molecule has 3 rings (SSSR count). The quantitative estimate of drug-likeness (QED) is 0.423. The zero-order valence-corrected chi connectivity index (χ0v) is 12.3. The Morgan fingerprint density at radius 1 is 1.29 bits per heavy atom. The van der Waals surface area contributed by atoms with Crippen molar-refractivity contribution in [3.8, 4) is 0 Å². The number of esters is 2. The molecule has 5 atom stereocenters. The molecule has 3 fully saturated rings. The highest BCUT2D eigenvalue weighted by atomic mass is 16.6. The Morgan fingerprint density at radius 3 is 2.67 bits per heavy atom. The Kier molecular flexibility index (Phi) is 3.27. The van der Waals surface area contributed by atoms with Crippen LogP contribution in [0.2, 0.25) is 0 Å². The zero-order valence-electron chi connectivity index (χ0n) is 12.3. The molecule has 1 aliphatic heterocycles. The molecule has 0 aromatic rings. The van der Waals surface area contributed by atoms with Gasteiger partial charge in [0, 0.05) is 24.3 Å². The highest BCUT2D eigenvalue weighted by Crippen LogP contribution is 2.52. The van der Waals surface area contributed by atoms with Crippen molar-refractivity contribution < 1.29 is 19.1 Å². The van der Waals surface area contributed by atoms with Gasteiger partial charge in [-0.25, -0.2) is 4.79 Å². The minimum Gasteiger partial charge on any atom is -0.458 e. The second-order valence-corrected chi connectivity index (χ2v) is 6.24. The molecule has 0 amide bonds. The van der Waals surface area contributed by atoms with Gasteiger partial charge in [0.1, 0.15) is 12.2 Å². The van der Waals surface area contributed by atoms with Crippen molar-refractivity contribution in [1.29, 1.82) is 0 Å². The molecule has 0 radical (unpaired) electrons. The Morgan fingerprint density at radius 2 is 2.00 bits per heavy atom. The molecule has 1 heterocycles. The van der Waals surface area contributed by atoms with Crippen LogP contribution < -0.4 is 0 Å². The van der Waals surface area contributed by atoms with E-state index in [1.807, 2.05) is 0 Å². The second-order valence-electron chi connectivity index (χ2n) is 6.24. The van der Waals surface area contributed by atoms with Gasteiger partial charge in [-0.05, 0) is 30.8 Å². The van der Waals surface area contributed by atoms with Gasteiger partial charge in [-0.15, -0.1) is 0 Å². The first-order valence-corrected chi connectivity index (χ1v) is 7.33. The molecule has 0 unspecified atom stereocenters. The van der Waals surface area contributed by atoms with Gasteiger partial charge in [-0.3, -0.25) is 4.79 Å². The molecule has 0 spiro atoms. The van der Waals surface area contributed by atoms with E-state index in [2.05, 4.69) is 19.7 Å². The fourth-order valence-electron chi connectivity index (χ4n) is 4.01. The Bertz CT molecular complexity index is 559. The molecule has 112 valence electrons. The number of fused-ring (bicyclic) bond motifs is 3. The lowest BCUT2D eigenvalue weighted by atomic mass is 9.82. The largest absolute Gasteiger partial charge is 0.458 e. The van der Waals surface area contributed by atoms with Crippen molar-refractivity contribution in [2.45, 2.75) is 38.4 Å². The standard InChI is InChI=1S/C17H20O4/c1-8-5-6-12-9(2)17(19)21-16(12)15-10(3)14(7-13(8)15)20-11(4)18/h12-16H,1-3,5-7H2,4H3/t12-,13+,14+,15+,16-/m0/s1. The Balaban J connectivity index is 1.93. The lowest BCUT2D eigenvalue weighted by molar-refractivity contribution is -0.145. The molecule has 21 heavy (non-hydrogen) atoms. The van der Waals surface area contributed by atoms with E-state index in [1.54, 1.807) is 0 Å². The van der Waals surface area contributed by atoms with Crippen molar-refractivity contribution in [2.24, 2.45) is 17.8 Å². The summed E-state index contributed by atoms with van der Waals surface area (Å²) in [6.07, 6.45) is 1.84. The van der Waals surface area contributed by atoms with Gasteiger partial charge >= 0.3 is 11.9 Å². The van der Waals surface area contributed by atoms with Crippen LogP contribution in [0.4, 0.5) is 0 Å². The Labute approximate surface area is 124 Å². The molecule has 2 aliphatic carbocycles. The van der Waals surface area contributed by atoms with Gasteiger partial charge < -0.3 is 9.47 Å². The van der Waals surface area contributed by atoms with Crippen molar-refractivity contribution in [3.63, 3.8) is 0 Å². The number of carbonyl (C=O) groups is 2. The normalized spacial score (nSPS) is 38.6. The third kappa shape index (κ3) is 2.13. The average Bonchev–Trinajstić information content (AvgIpc) is 2.81. The maximum atomic E-state index is 11.8. The monoisotopic (exact) mass is 288 g/mol. The van der Waals surface area contributed by atoms with Crippen molar-refractivity contribution >= 4 is 11.9 Å². The van der Waals surface area contributed by atoms with Gasteiger partial charge in [0.2, 0.25) is 0 Å². The Hall–Kier alpha value is -1.84. The number of ether oxygens (including phenoxy) is 2. The van der Waals surface area contributed by atoms with Crippen molar-refractivity contribution in [2.75, 3.05) is 0 Å². The van der Waals surface area contributed by atoms with E-state index in [4.69, 9.17) is 9.47 Å². The highest BCUT2D eigenvalue weighted by molar-refractivity contribution is 5.91. The van der Waals surface area contributed by atoms with Crippen molar-refractivity contribution in [3.05, 3.63) is 36.5 Å². The van der Waals surface area contributed by atoms with E-state index >= 15 is 0 Å². The molecule has 4 nitrogen and oxygen atoms in total.